The van der Waals surface area contributed by atoms with Gasteiger partial charge in [-0.15, -0.1) is 0 Å². The van der Waals surface area contributed by atoms with Crippen molar-refractivity contribution in [3.05, 3.63) is 0 Å². The Labute approximate surface area is 50.5 Å². The van der Waals surface area contributed by atoms with E-state index in [1.807, 2.05) is 6.19 Å². The van der Waals surface area contributed by atoms with Crippen LogP contribution in [-0.4, -0.2) is 6.54 Å². The van der Waals surface area contributed by atoms with Gasteiger partial charge in [-0.2, -0.15) is 5.26 Å². The summed E-state index contributed by atoms with van der Waals surface area (Å²) in [6.45, 7) is 5.04. The smallest absolute Gasteiger partial charge is 0.176 e. The molecule has 2 nitrogen and oxygen atoms in total. The maximum Gasteiger partial charge on any atom is 0.176 e. The molecule has 1 unspecified atom stereocenters. The average molecular weight is 112 g/mol. The first kappa shape index (κ1) is 7.29. The molecule has 0 aromatic heterocycles. The predicted octanol–water partition coefficient (Wildman–Crippen LogP) is 1.10. The van der Waals surface area contributed by atoms with Crippen LogP contribution in [0.2, 0.25) is 0 Å². The minimum atomic E-state index is 0.620. The summed E-state index contributed by atoms with van der Waals surface area (Å²) < 4.78 is 0. The van der Waals surface area contributed by atoms with Crippen LogP contribution in [0.3, 0.4) is 0 Å². The summed E-state index contributed by atoms with van der Waals surface area (Å²) in [7, 11) is 0. The van der Waals surface area contributed by atoms with Gasteiger partial charge in [0.15, 0.2) is 6.19 Å². The number of nitrogens with one attached hydrogen (secondary N) is 1. The van der Waals surface area contributed by atoms with Crippen molar-refractivity contribution in [3.63, 3.8) is 0 Å². The molecule has 0 fully saturated rings. The van der Waals surface area contributed by atoms with Crippen LogP contribution in [0.5, 0.6) is 0 Å². The lowest BCUT2D eigenvalue weighted by molar-refractivity contribution is 0.543. The molecule has 0 aromatic carbocycles. The lowest BCUT2D eigenvalue weighted by atomic mass is 10.1. The molecule has 0 aliphatic heterocycles. The Bertz CT molecular complexity index is 83.0. The quantitative estimate of drug-likeness (QED) is 0.438. The predicted molar refractivity (Wildman–Crippen MR) is 33.1 cm³/mol. The van der Waals surface area contributed by atoms with Crippen LogP contribution < -0.4 is 5.32 Å². The molecular formula is C6H12N2. The van der Waals surface area contributed by atoms with E-state index < -0.39 is 0 Å². The largest absolute Gasteiger partial charge is 0.324 e. The molecule has 0 saturated heterocycles. The van der Waals surface area contributed by atoms with Gasteiger partial charge in [0.05, 0.1) is 0 Å². The summed E-state index contributed by atoms with van der Waals surface area (Å²) in [5.74, 6) is 0.620. The molecule has 0 amide bonds. The van der Waals surface area contributed by atoms with E-state index in [-0.39, 0.29) is 0 Å². The monoisotopic (exact) mass is 112 g/mol. The third kappa shape index (κ3) is 3.48. The molecule has 0 aromatic rings. The van der Waals surface area contributed by atoms with Crippen molar-refractivity contribution >= 4 is 0 Å². The zero-order valence-corrected chi connectivity index (χ0v) is 5.44. The highest BCUT2D eigenvalue weighted by Crippen LogP contribution is 1.95. The van der Waals surface area contributed by atoms with Gasteiger partial charge in [0.25, 0.3) is 0 Å². The summed E-state index contributed by atoms with van der Waals surface area (Å²) in [5.41, 5.74) is 0. The molecule has 0 aliphatic rings. The van der Waals surface area contributed by atoms with E-state index in [1.165, 1.54) is 0 Å². The van der Waals surface area contributed by atoms with Crippen molar-refractivity contribution in [2.24, 2.45) is 5.92 Å². The van der Waals surface area contributed by atoms with E-state index in [4.69, 9.17) is 5.26 Å². The lowest BCUT2D eigenvalue weighted by Gasteiger charge is -2.03. The summed E-state index contributed by atoms with van der Waals surface area (Å²) in [4.78, 5) is 0. The number of hydrogen-bond donors (Lipinski definition) is 1. The van der Waals surface area contributed by atoms with Gasteiger partial charge in [-0.1, -0.05) is 20.3 Å². The molecule has 0 rings (SSSR count). The Morgan fingerprint density at radius 2 is 2.38 bits per heavy atom. The number of hydrogen-bond acceptors (Lipinski definition) is 2. The number of nitrogens with zero attached hydrogens (tertiary/aromatic N) is 1. The van der Waals surface area contributed by atoms with E-state index in [0.29, 0.717) is 5.92 Å². The van der Waals surface area contributed by atoms with Crippen LogP contribution in [0.25, 0.3) is 0 Å². The Morgan fingerprint density at radius 1 is 1.75 bits per heavy atom. The van der Waals surface area contributed by atoms with Crippen LogP contribution in [-0.2, 0) is 0 Å². The highest BCUT2D eigenvalue weighted by atomic mass is 14.8. The molecule has 1 atom stereocenters. The van der Waals surface area contributed by atoms with Gasteiger partial charge in [0, 0.05) is 6.54 Å². The fraction of sp³-hybridized carbons (Fsp3) is 0.833. The lowest BCUT2D eigenvalue weighted by Crippen LogP contribution is -2.14. The molecule has 1 N–H and O–H groups in total. The second kappa shape index (κ2) is 4.45. The minimum absolute atomic E-state index is 0.620. The maximum absolute atomic E-state index is 8.05. The van der Waals surface area contributed by atoms with Gasteiger partial charge < -0.3 is 5.32 Å². The molecule has 46 valence electrons. The van der Waals surface area contributed by atoms with Gasteiger partial charge >= 0.3 is 0 Å². The van der Waals surface area contributed by atoms with Crippen molar-refractivity contribution in [1.29, 1.82) is 5.26 Å². The van der Waals surface area contributed by atoms with Gasteiger partial charge in [-0.05, 0) is 5.92 Å². The molecule has 0 spiro atoms. The molecule has 0 bridgehead atoms. The van der Waals surface area contributed by atoms with Crippen molar-refractivity contribution in [3.8, 4) is 6.19 Å². The molecule has 0 heterocycles. The highest BCUT2D eigenvalue weighted by molar-refractivity contribution is 4.66. The van der Waals surface area contributed by atoms with E-state index in [2.05, 4.69) is 19.2 Å². The van der Waals surface area contributed by atoms with Crippen LogP contribution in [0, 0.1) is 17.4 Å². The normalized spacial score (nSPS) is 12.1. The number of rotatable bonds is 3. The van der Waals surface area contributed by atoms with Crippen molar-refractivity contribution in [2.75, 3.05) is 6.54 Å². The Hall–Kier alpha value is -0.710. The standard InChI is InChI=1S/C6H12N2/c1-3-6(2)4-8-5-7/h6,8H,3-4H2,1-2H3. The highest BCUT2D eigenvalue weighted by Gasteiger charge is 1.93. The summed E-state index contributed by atoms with van der Waals surface area (Å²) >= 11 is 0. The molecule has 8 heavy (non-hydrogen) atoms. The summed E-state index contributed by atoms with van der Waals surface area (Å²) in [6.07, 6.45) is 3.02. The first-order chi connectivity index (χ1) is 3.81. The first-order valence-corrected chi connectivity index (χ1v) is 2.93. The van der Waals surface area contributed by atoms with E-state index in [0.717, 1.165) is 13.0 Å². The Kier molecular flexibility index (Phi) is 4.05. The second-order valence-electron chi connectivity index (χ2n) is 2.01. The molecular weight excluding hydrogens is 100 g/mol. The van der Waals surface area contributed by atoms with Crippen LogP contribution in [0.4, 0.5) is 0 Å². The zero-order valence-electron chi connectivity index (χ0n) is 5.44. The summed E-state index contributed by atoms with van der Waals surface area (Å²) in [6, 6.07) is 0. The summed E-state index contributed by atoms with van der Waals surface area (Å²) in [5, 5.41) is 10.7. The van der Waals surface area contributed by atoms with Crippen molar-refractivity contribution in [2.45, 2.75) is 20.3 Å². The zero-order chi connectivity index (χ0) is 6.41. The van der Waals surface area contributed by atoms with Crippen LogP contribution in [0.1, 0.15) is 20.3 Å². The molecule has 0 saturated carbocycles. The molecule has 0 radical (unpaired) electrons. The second-order valence-corrected chi connectivity index (χ2v) is 2.01. The van der Waals surface area contributed by atoms with Gasteiger partial charge in [0.2, 0.25) is 0 Å². The third-order valence-corrected chi connectivity index (χ3v) is 1.23. The molecule has 2 heteroatoms. The fourth-order valence-electron chi connectivity index (χ4n) is 0.364. The Balaban J connectivity index is 3.01. The van der Waals surface area contributed by atoms with Gasteiger partial charge in [-0.3, -0.25) is 0 Å². The topological polar surface area (TPSA) is 35.8 Å². The first-order valence-electron chi connectivity index (χ1n) is 2.93. The average Bonchev–Trinajstić information content (AvgIpc) is 1.83. The van der Waals surface area contributed by atoms with Crippen LogP contribution in [0.15, 0.2) is 0 Å². The maximum atomic E-state index is 8.05. The van der Waals surface area contributed by atoms with Crippen molar-refractivity contribution in [1.82, 2.24) is 5.32 Å². The van der Waals surface area contributed by atoms with Gasteiger partial charge in [0.1, 0.15) is 0 Å². The van der Waals surface area contributed by atoms with Crippen molar-refractivity contribution < 1.29 is 0 Å². The van der Waals surface area contributed by atoms with E-state index >= 15 is 0 Å². The van der Waals surface area contributed by atoms with Crippen LogP contribution >= 0.6 is 0 Å². The number of nitriles is 1. The van der Waals surface area contributed by atoms with E-state index in [9.17, 15) is 0 Å². The van der Waals surface area contributed by atoms with E-state index in [1.54, 1.807) is 0 Å². The molecule has 0 aliphatic carbocycles. The minimum Gasteiger partial charge on any atom is -0.324 e. The van der Waals surface area contributed by atoms with Gasteiger partial charge in [-0.25, -0.2) is 0 Å². The SMILES string of the molecule is CCC(C)CNC#N. The third-order valence-electron chi connectivity index (χ3n) is 1.23. The fourth-order valence-corrected chi connectivity index (χ4v) is 0.364. The Morgan fingerprint density at radius 3 is 2.75 bits per heavy atom.